The van der Waals surface area contributed by atoms with Crippen LogP contribution in [0.25, 0.3) is 111 Å². The van der Waals surface area contributed by atoms with E-state index >= 15 is 0 Å². The van der Waals surface area contributed by atoms with Crippen molar-refractivity contribution in [2.75, 3.05) is 0 Å². The van der Waals surface area contributed by atoms with Crippen molar-refractivity contribution in [1.29, 1.82) is 0 Å². The van der Waals surface area contributed by atoms with E-state index in [2.05, 4.69) is 158 Å². The Bertz CT molecular complexity index is 3260. The first-order valence-electron chi connectivity index (χ1n) is 19.2. The first kappa shape index (κ1) is 32.7. The maximum absolute atomic E-state index is 6.53. The molecule has 3 aromatic heterocycles. The molecule has 3 heterocycles. The van der Waals surface area contributed by atoms with Gasteiger partial charge in [0.2, 0.25) is 0 Å². The number of nitrogens with zero attached hydrogens (tertiary/aromatic N) is 3. The molecule has 0 spiro atoms. The summed E-state index contributed by atoms with van der Waals surface area (Å²) in [5.41, 5.74) is 14.1. The number of para-hydroxylation sites is 2. The minimum Gasteiger partial charge on any atom is -0.455 e. The number of rotatable bonds is 6. The molecule has 0 fully saturated rings. The van der Waals surface area contributed by atoms with Crippen molar-refractivity contribution in [1.82, 2.24) is 15.0 Å². The van der Waals surface area contributed by atoms with Crippen molar-refractivity contribution < 1.29 is 4.42 Å². The third-order valence-corrected chi connectivity index (χ3v) is 10.9. The fourth-order valence-corrected chi connectivity index (χ4v) is 8.04. The molecule has 4 nitrogen and oxygen atoms in total. The van der Waals surface area contributed by atoms with Gasteiger partial charge >= 0.3 is 0 Å². The second-order valence-corrected chi connectivity index (χ2v) is 14.4. The lowest BCUT2D eigenvalue weighted by Gasteiger charge is -2.12. The first-order valence-corrected chi connectivity index (χ1v) is 19.2. The minimum atomic E-state index is 0.686. The predicted molar refractivity (Wildman–Crippen MR) is 235 cm³/mol. The Morgan fingerprint density at radius 3 is 1.61 bits per heavy atom. The molecule has 11 aromatic rings. The van der Waals surface area contributed by atoms with Gasteiger partial charge in [0.25, 0.3) is 0 Å². The van der Waals surface area contributed by atoms with Gasteiger partial charge < -0.3 is 4.42 Å². The fraction of sp³-hybridized carbons (Fsp3) is 0. The van der Waals surface area contributed by atoms with Gasteiger partial charge in [-0.2, -0.15) is 0 Å². The van der Waals surface area contributed by atoms with Crippen LogP contribution in [0.4, 0.5) is 0 Å². The van der Waals surface area contributed by atoms with Crippen molar-refractivity contribution >= 4 is 43.6 Å². The summed E-state index contributed by atoms with van der Waals surface area (Å²) in [5, 5.41) is 5.49. The highest BCUT2D eigenvalue weighted by molar-refractivity contribution is 6.24. The van der Waals surface area contributed by atoms with Crippen LogP contribution in [0.1, 0.15) is 0 Å². The first-order chi connectivity index (χ1) is 28.2. The fourth-order valence-electron chi connectivity index (χ4n) is 8.04. The van der Waals surface area contributed by atoms with E-state index in [1.165, 1.54) is 5.56 Å². The third kappa shape index (κ3) is 5.83. The van der Waals surface area contributed by atoms with Crippen LogP contribution in [0.2, 0.25) is 0 Å². The van der Waals surface area contributed by atoms with Crippen LogP contribution >= 0.6 is 0 Å². The lowest BCUT2D eigenvalue weighted by molar-refractivity contribution is 0.673. The van der Waals surface area contributed by atoms with Crippen molar-refractivity contribution in [3.63, 3.8) is 0 Å². The van der Waals surface area contributed by atoms with Gasteiger partial charge in [-0.05, 0) is 52.6 Å². The predicted octanol–water partition coefficient (Wildman–Crippen LogP) is 14.1. The Morgan fingerprint density at radius 1 is 0.316 bits per heavy atom. The van der Waals surface area contributed by atoms with Crippen LogP contribution in [0.15, 0.2) is 205 Å². The topological polar surface area (TPSA) is 51.8 Å². The highest BCUT2D eigenvalue weighted by atomic mass is 16.3. The highest BCUT2D eigenvalue weighted by Crippen LogP contribution is 2.41. The third-order valence-electron chi connectivity index (χ3n) is 10.9. The number of fused-ring (bicyclic) bond motifs is 7. The summed E-state index contributed by atoms with van der Waals surface area (Å²) in [6.07, 6.45) is 0. The number of aromatic nitrogens is 3. The van der Waals surface area contributed by atoms with Gasteiger partial charge in [0.05, 0.1) is 22.6 Å². The second kappa shape index (κ2) is 13.6. The zero-order valence-electron chi connectivity index (χ0n) is 30.8. The molecule has 0 saturated carbocycles. The van der Waals surface area contributed by atoms with Crippen LogP contribution in [-0.4, -0.2) is 15.0 Å². The van der Waals surface area contributed by atoms with Crippen molar-refractivity contribution in [3.05, 3.63) is 200 Å². The molecule has 0 unspecified atom stereocenters. The summed E-state index contributed by atoms with van der Waals surface area (Å²) in [4.78, 5) is 15.4. The van der Waals surface area contributed by atoms with E-state index < -0.39 is 0 Å². The van der Waals surface area contributed by atoms with Gasteiger partial charge in [-0.3, -0.25) is 0 Å². The van der Waals surface area contributed by atoms with E-state index in [-0.39, 0.29) is 0 Å². The normalized spacial score (nSPS) is 11.5. The molecule has 0 N–H and O–H groups in total. The maximum atomic E-state index is 6.53. The smallest absolute Gasteiger partial charge is 0.160 e. The summed E-state index contributed by atoms with van der Waals surface area (Å²) in [5.74, 6) is 0.686. The summed E-state index contributed by atoms with van der Waals surface area (Å²) < 4.78 is 6.53. The Hall–Kier alpha value is -7.69. The number of furan rings is 1. The van der Waals surface area contributed by atoms with Crippen molar-refractivity contribution in [3.8, 4) is 67.4 Å². The van der Waals surface area contributed by atoms with Crippen LogP contribution in [0.3, 0.4) is 0 Å². The minimum absolute atomic E-state index is 0.686. The zero-order chi connectivity index (χ0) is 37.7. The lowest BCUT2D eigenvalue weighted by atomic mass is 9.96. The average Bonchev–Trinajstić information content (AvgIpc) is 3.68. The molecular formula is C53H33N3O. The van der Waals surface area contributed by atoms with E-state index in [0.29, 0.717) is 5.82 Å². The molecule has 8 aromatic carbocycles. The molecular weight excluding hydrogens is 695 g/mol. The molecule has 0 atom stereocenters. The van der Waals surface area contributed by atoms with Crippen LogP contribution in [-0.2, 0) is 0 Å². The van der Waals surface area contributed by atoms with Crippen LogP contribution in [0, 0.1) is 0 Å². The largest absolute Gasteiger partial charge is 0.455 e. The van der Waals surface area contributed by atoms with E-state index in [0.717, 1.165) is 99.6 Å². The van der Waals surface area contributed by atoms with Gasteiger partial charge in [-0.15, -0.1) is 0 Å². The molecule has 0 aliphatic heterocycles. The number of hydrogen-bond acceptors (Lipinski definition) is 4. The van der Waals surface area contributed by atoms with Crippen LogP contribution in [0.5, 0.6) is 0 Å². The Labute approximate surface area is 329 Å². The number of benzene rings is 8. The van der Waals surface area contributed by atoms with Gasteiger partial charge in [-0.1, -0.05) is 170 Å². The SMILES string of the molecule is c1ccc(-c2cccc(-c3cc(-c4ccccc4)nc(-c4ccc(-c5ccc(-c6nc7ccccc7c7c6ccc6c8ccccc8oc67)cc5)cc4)n3)c2)cc1. The molecule has 0 radical (unpaired) electrons. The van der Waals surface area contributed by atoms with E-state index in [9.17, 15) is 0 Å². The van der Waals surface area contributed by atoms with Gasteiger partial charge in [0.1, 0.15) is 11.2 Å². The van der Waals surface area contributed by atoms with Gasteiger partial charge in [0.15, 0.2) is 5.82 Å². The lowest BCUT2D eigenvalue weighted by Crippen LogP contribution is -1.96. The molecule has 4 heteroatoms. The molecule has 266 valence electrons. The van der Waals surface area contributed by atoms with Crippen molar-refractivity contribution in [2.45, 2.75) is 0 Å². The van der Waals surface area contributed by atoms with Gasteiger partial charge in [-0.25, -0.2) is 15.0 Å². The Kier molecular flexibility index (Phi) is 7.78. The van der Waals surface area contributed by atoms with E-state index in [1.54, 1.807) is 0 Å². The summed E-state index contributed by atoms with van der Waals surface area (Å²) in [6.45, 7) is 0. The molecule has 11 rings (SSSR count). The molecule has 0 bridgehead atoms. The van der Waals surface area contributed by atoms with E-state index in [4.69, 9.17) is 19.4 Å². The standard InChI is InChI=1S/C53H33N3O/c1-3-12-34(13-4-1)40-16-11-17-41(32-40)48-33-47(37-14-5-2-6-15-37)55-53(56-48)39-28-24-36(25-29-39)35-22-26-38(27-23-35)51-45-31-30-43-42-18-8-10-21-49(42)57-52(43)50(45)44-19-7-9-20-46(44)54-51/h1-33H. The van der Waals surface area contributed by atoms with Crippen LogP contribution < -0.4 is 0 Å². The number of hydrogen-bond donors (Lipinski definition) is 0. The Balaban J connectivity index is 0.955. The van der Waals surface area contributed by atoms with E-state index in [1.807, 2.05) is 42.5 Å². The number of pyridine rings is 1. The highest BCUT2D eigenvalue weighted by Gasteiger charge is 2.18. The van der Waals surface area contributed by atoms with Gasteiger partial charge in [0, 0.05) is 49.2 Å². The van der Waals surface area contributed by atoms with Crippen molar-refractivity contribution in [2.24, 2.45) is 0 Å². The average molecular weight is 728 g/mol. The Morgan fingerprint density at radius 2 is 0.860 bits per heavy atom. The molecule has 0 aliphatic rings. The molecule has 57 heavy (non-hydrogen) atoms. The summed E-state index contributed by atoms with van der Waals surface area (Å²) in [6, 6.07) is 69.6. The molecule has 0 aliphatic carbocycles. The summed E-state index contributed by atoms with van der Waals surface area (Å²) >= 11 is 0. The second-order valence-electron chi connectivity index (χ2n) is 14.4. The zero-order valence-corrected chi connectivity index (χ0v) is 30.8. The summed E-state index contributed by atoms with van der Waals surface area (Å²) in [7, 11) is 0. The molecule has 0 amide bonds. The molecule has 0 saturated heterocycles. The maximum Gasteiger partial charge on any atom is 0.160 e. The monoisotopic (exact) mass is 727 g/mol. The quantitative estimate of drug-likeness (QED) is 0.160.